The van der Waals surface area contributed by atoms with Crippen LogP contribution < -0.4 is 0 Å². The largest absolute Gasteiger partial charge is 0.481 e. The molecular formula is C22H38O4. The number of rotatable bonds is 17. The Morgan fingerprint density at radius 2 is 1.31 bits per heavy atom. The van der Waals surface area contributed by atoms with Gasteiger partial charge in [-0.1, -0.05) is 56.8 Å². The van der Waals surface area contributed by atoms with Gasteiger partial charge >= 0.3 is 11.9 Å². The molecule has 0 aromatic heterocycles. The SMILES string of the molecule is C=CC(C)(CC=C(C)CCCCCCC(=O)O)CCCCCCC(=O)O. The van der Waals surface area contributed by atoms with Crippen LogP contribution in [0.1, 0.15) is 97.3 Å². The van der Waals surface area contributed by atoms with Crippen LogP contribution in [0, 0.1) is 5.41 Å². The zero-order valence-electron chi connectivity index (χ0n) is 16.8. The van der Waals surface area contributed by atoms with E-state index in [-0.39, 0.29) is 18.3 Å². The van der Waals surface area contributed by atoms with E-state index in [1.165, 1.54) is 5.57 Å². The molecule has 26 heavy (non-hydrogen) atoms. The van der Waals surface area contributed by atoms with Crippen LogP contribution in [-0.4, -0.2) is 22.2 Å². The van der Waals surface area contributed by atoms with Crippen molar-refractivity contribution in [1.29, 1.82) is 0 Å². The van der Waals surface area contributed by atoms with Crippen LogP contribution in [0.2, 0.25) is 0 Å². The molecule has 0 saturated heterocycles. The monoisotopic (exact) mass is 366 g/mol. The lowest BCUT2D eigenvalue weighted by Gasteiger charge is -2.24. The topological polar surface area (TPSA) is 74.6 Å². The third kappa shape index (κ3) is 14.7. The Morgan fingerprint density at radius 1 is 0.846 bits per heavy atom. The van der Waals surface area contributed by atoms with Crippen molar-refractivity contribution >= 4 is 11.9 Å². The zero-order chi connectivity index (χ0) is 19.8. The maximum absolute atomic E-state index is 10.5. The van der Waals surface area contributed by atoms with Crippen LogP contribution >= 0.6 is 0 Å². The smallest absolute Gasteiger partial charge is 0.303 e. The molecule has 0 bridgehead atoms. The summed E-state index contributed by atoms with van der Waals surface area (Å²) in [5.41, 5.74) is 1.51. The molecule has 0 aromatic carbocycles. The summed E-state index contributed by atoms with van der Waals surface area (Å²) >= 11 is 0. The minimum absolute atomic E-state index is 0.107. The van der Waals surface area contributed by atoms with E-state index in [0.717, 1.165) is 70.6 Å². The summed E-state index contributed by atoms with van der Waals surface area (Å²) in [6, 6.07) is 0. The van der Waals surface area contributed by atoms with Crippen molar-refractivity contribution in [3.63, 3.8) is 0 Å². The molecule has 0 spiro atoms. The van der Waals surface area contributed by atoms with Crippen molar-refractivity contribution in [2.75, 3.05) is 0 Å². The van der Waals surface area contributed by atoms with Gasteiger partial charge in [-0.05, 0) is 50.9 Å². The van der Waals surface area contributed by atoms with E-state index in [1.807, 2.05) is 0 Å². The van der Waals surface area contributed by atoms with E-state index in [0.29, 0.717) is 0 Å². The number of carbonyl (C=O) groups is 2. The summed E-state index contributed by atoms with van der Waals surface area (Å²) < 4.78 is 0. The Balaban J connectivity index is 3.95. The molecule has 0 heterocycles. The van der Waals surface area contributed by atoms with Crippen LogP contribution in [0.25, 0.3) is 0 Å². The average Bonchev–Trinajstić information content (AvgIpc) is 2.58. The third-order valence-corrected chi connectivity index (χ3v) is 5.01. The van der Waals surface area contributed by atoms with Gasteiger partial charge in [0.15, 0.2) is 0 Å². The molecule has 0 radical (unpaired) electrons. The van der Waals surface area contributed by atoms with Gasteiger partial charge in [-0.25, -0.2) is 0 Å². The van der Waals surface area contributed by atoms with Crippen molar-refractivity contribution in [3.05, 3.63) is 24.3 Å². The van der Waals surface area contributed by atoms with E-state index in [9.17, 15) is 9.59 Å². The number of hydrogen-bond acceptors (Lipinski definition) is 2. The second-order valence-electron chi connectivity index (χ2n) is 7.73. The third-order valence-electron chi connectivity index (χ3n) is 5.01. The molecule has 0 rings (SSSR count). The quantitative estimate of drug-likeness (QED) is 0.232. The van der Waals surface area contributed by atoms with Gasteiger partial charge in [-0.2, -0.15) is 0 Å². The fraction of sp³-hybridized carbons (Fsp3) is 0.727. The molecule has 0 amide bonds. The van der Waals surface area contributed by atoms with E-state index in [1.54, 1.807) is 0 Å². The maximum Gasteiger partial charge on any atom is 0.303 e. The fourth-order valence-electron chi connectivity index (χ4n) is 2.99. The van der Waals surface area contributed by atoms with E-state index in [4.69, 9.17) is 10.2 Å². The lowest BCUT2D eigenvalue weighted by molar-refractivity contribution is -0.138. The molecule has 0 fully saturated rings. The van der Waals surface area contributed by atoms with Gasteiger partial charge in [0.05, 0.1) is 0 Å². The lowest BCUT2D eigenvalue weighted by atomic mass is 9.81. The Bertz CT molecular complexity index is 453. The molecule has 0 aliphatic heterocycles. The summed E-state index contributed by atoms with van der Waals surface area (Å²) in [4.78, 5) is 21.0. The molecule has 150 valence electrons. The van der Waals surface area contributed by atoms with Gasteiger partial charge in [-0.15, -0.1) is 6.58 Å². The normalized spacial score (nSPS) is 14.0. The van der Waals surface area contributed by atoms with Crippen LogP contribution in [-0.2, 0) is 9.59 Å². The van der Waals surface area contributed by atoms with Crippen molar-refractivity contribution in [2.24, 2.45) is 5.41 Å². The number of unbranched alkanes of at least 4 members (excludes halogenated alkanes) is 6. The second-order valence-corrected chi connectivity index (χ2v) is 7.73. The first kappa shape index (κ1) is 24.4. The number of allylic oxidation sites excluding steroid dienone is 3. The van der Waals surface area contributed by atoms with Crippen molar-refractivity contribution < 1.29 is 19.8 Å². The van der Waals surface area contributed by atoms with Gasteiger partial charge in [-0.3, -0.25) is 9.59 Å². The lowest BCUT2D eigenvalue weighted by Crippen LogP contribution is -2.11. The molecule has 0 aliphatic carbocycles. The maximum atomic E-state index is 10.5. The highest BCUT2D eigenvalue weighted by molar-refractivity contribution is 5.66. The Hall–Kier alpha value is -1.58. The summed E-state index contributed by atoms with van der Waals surface area (Å²) in [5.74, 6) is -1.41. The first-order valence-corrected chi connectivity index (χ1v) is 10.0. The van der Waals surface area contributed by atoms with Crippen molar-refractivity contribution in [2.45, 2.75) is 97.3 Å². The number of carboxylic acid groups (broad SMARTS) is 2. The van der Waals surface area contributed by atoms with Crippen LogP contribution in [0.3, 0.4) is 0 Å². The molecular weight excluding hydrogens is 328 g/mol. The average molecular weight is 367 g/mol. The predicted octanol–water partition coefficient (Wildman–Crippen LogP) is 6.37. The number of hydrogen-bond donors (Lipinski definition) is 2. The highest BCUT2D eigenvalue weighted by Gasteiger charge is 2.18. The molecule has 0 aromatic rings. The minimum atomic E-state index is -0.705. The number of aliphatic carboxylic acids is 2. The molecule has 4 nitrogen and oxygen atoms in total. The summed E-state index contributed by atoms with van der Waals surface area (Å²) in [7, 11) is 0. The molecule has 4 heteroatoms. The highest BCUT2D eigenvalue weighted by atomic mass is 16.4. The van der Waals surface area contributed by atoms with E-state index >= 15 is 0 Å². The molecule has 1 unspecified atom stereocenters. The zero-order valence-corrected chi connectivity index (χ0v) is 16.8. The molecule has 1 atom stereocenters. The first-order chi connectivity index (χ1) is 12.3. The standard InChI is InChI=1S/C22H38O4/c1-4-22(3,17-12-8-7-11-15-21(25)26)18-16-19(2)13-9-5-6-10-14-20(23)24/h4,16H,1,5-15,17-18H2,2-3H3,(H,23,24)(H,25,26). The second kappa shape index (κ2) is 14.6. The van der Waals surface area contributed by atoms with Crippen molar-refractivity contribution in [1.82, 2.24) is 0 Å². The van der Waals surface area contributed by atoms with Gasteiger partial charge in [0.25, 0.3) is 0 Å². The van der Waals surface area contributed by atoms with Gasteiger partial charge < -0.3 is 10.2 Å². The van der Waals surface area contributed by atoms with Gasteiger partial charge in [0.1, 0.15) is 0 Å². The Morgan fingerprint density at radius 3 is 1.77 bits per heavy atom. The minimum Gasteiger partial charge on any atom is -0.481 e. The number of carboxylic acids is 2. The predicted molar refractivity (Wildman–Crippen MR) is 107 cm³/mol. The molecule has 2 N–H and O–H groups in total. The van der Waals surface area contributed by atoms with Crippen LogP contribution in [0.4, 0.5) is 0 Å². The fourth-order valence-corrected chi connectivity index (χ4v) is 2.99. The molecule has 0 aliphatic rings. The van der Waals surface area contributed by atoms with E-state index < -0.39 is 11.9 Å². The van der Waals surface area contributed by atoms with Gasteiger partial charge in [0, 0.05) is 12.8 Å². The van der Waals surface area contributed by atoms with Crippen molar-refractivity contribution in [3.8, 4) is 0 Å². The Kier molecular flexibility index (Phi) is 13.7. The first-order valence-electron chi connectivity index (χ1n) is 10.0. The summed E-state index contributed by atoms with van der Waals surface area (Å²) in [6.07, 6.45) is 16.0. The van der Waals surface area contributed by atoms with E-state index in [2.05, 4.69) is 32.6 Å². The summed E-state index contributed by atoms with van der Waals surface area (Å²) in [5, 5.41) is 17.3. The Labute approximate surface area is 159 Å². The summed E-state index contributed by atoms with van der Waals surface area (Å²) in [6.45, 7) is 8.42. The van der Waals surface area contributed by atoms with Gasteiger partial charge in [0.2, 0.25) is 0 Å². The van der Waals surface area contributed by atoms with Crippen LogP contribution in [0.5, 0.6) is 0 Å². The molecule has 0 saturated carbocycles. The highest BCUT2D eigenvalue weighted by Crippen LogP contribution is 2.31. The van der Waals surface area contributed by atoms with Crippen LogP contribution in [0.15, 0.2) is 24.3 Å².